The summed E-state index contributed by atoms with van der Waals surface area (Å²) in [6.45, 7) is 0.820. The first-order chi connectivity index (χ1) is 19.6. The number of amides is 2. The molecule has 0 saturated carbocycles. The minimum absolute atomic E-state index is 0.0760. The smallest absolute Gasteiger partial charge is 0.410 e. The summed E-state index contributed by atoms with van der Waals surface area (Å²) < 4.78 is 7.07. The number of benzene rings is 3. The minimum atomic E-state index is -0.814. The van der Waals surface area contributed by atoms with E-state index in [-0.39, 0.29) is 19.1 Å². The summed E-state index contributed by atoms with van der Waals surface area (Å²) in [7, 11) is 0. The van der Waals surface area contributed by atoms with Crippen LogP contribution in [0.4, 0.5) is 10.7 Å². The Balaban J connectivity index is 1.30. The normalized spacial score (nSPS) is 15.3. The van der Waals surface area contributed by atoms with E-state index in [2.05, 4.69) is 21.8 Å². The predicted octanol–water partition coefficient (Wildman–Crippen LogP) is 3.37. The third-order valence-electron chi connectivity index (χ3n) is 6.62. The zero-order chi connectivity index (χ0) is 27.5. The molecule has 40 heavy (non-hydrogen) atoms. The zero-order valence-corrected chi connectivity index (χ0v) is 21.3. The molecule has 1 fully saturated rings. The van der Waals surface area contributed by atoms with E-state index in [0.717, 1.165) is 16.5 Å². The average molecular weight is 533 g/mol. The Hall–Kier alpha value is -5.50. The van der Waals surface area contributed by atoms with E-state index in [4.69, 9.17) is 20.0 Å². The van der Waals surface area contributed by atoms with Gasteiger partial charge in [-0.2, -0.15) is 9.78 Å². The van der Waals surface area contributed by atoms with E-state index >= 15 is 0 Å². The number of anilines is 1. The lowest BCUT2D eigenvalue weighted by molar-refractivity contribution is -0.121. The van der Waals surface area contributed by atoms with Crippen LogP contribution in [0.25, 0.3) is 27.9 Å². The molecule has 3 heterocycles. The number of hydrogen-bond acceptors (Lipinski definition) is 8. The number of fused-ring (bicyclic) bond motifs is 3. The van der Waals surface area contributed by atoms with Crippen molar-refractivity contribution in [1.82, 2.24) is 29.8 Å². The topological polar surface area (TPSA) is 138 Å². The molecule has 2 amide bonds. The number of carbonyl (C=O) groups excluding carboxylic acids is 2. The van der Waals surface area contributed by atoms with Crippen LogP contribution in [0.3, 0.4) is 0 Å². The first-order valence-corrected chi connectivity index (χ1v) is 12.7. The van der Waals surface area contributed by atoms with E-state index in [1.54, 1.807) is 28.8 Å². The largest absolute Gasteiger partial charge is 0.445 e. The SMILES string of the molecule is N#Cc1ccc(-c2nc3c4ccccc4nc(N[C@@H]4CN(C(=O)OCc5ccccc5)CCNC4=O)n3n2)cc1. The van der Waals surface area contributed by atoms with Crippen molar-refractivity contribution in [3.8, 4) is 17.5 Å². The Bertz CT molecular complexity index is 1750. The molecule has 2 aromatic heterocycles. The lowest BCUT2D eigenvalue weighted by Gasteiger charge is -2.23. The van der Waals surface area contributed by atoms with Crippen LogP contribution in [0.2, 0.25) is 0 Å². The fourth-order valence-electron chi connectivity index (χ4n) is 4.54. The molecule has 0 aliphatic carbocycles. The summed E-state index contributed by atoms with van der Waals surface area (Å²) in [4.78, 5) is 36.9. The molecule has 1 aliphatic heterocycles. The number of nitrogens with zero attached hydrogens (tertiary/aromatic N) is 6. The maximum atomic E-state index is 13.0. The number of ether oxygens (including phenoxy) is 1. The van der Waals surface area contributed by atoms with Gasteiger partial charge in [0.1, 0.15) is 12.6 Å². The number of rotatable bonds is 5. The van der Waals surface area contributed by atoms with Gasteiger partial charge in [0.05, 0.1) is 23.7 Å². The van der Waals surface area contributed by atoms with Crippen LogP contribution in [0.5, 0.6) is 0 Å². The highest BCUT2D eigenvalue weighted by atomic mass is 16.6. The number of carbonyl (C=O) groups is 2. The number of nitriles is 1. The van der Waals surface area contributed by atoms with E-state index in [0.29, 0.717) is 41.6 Å². The summed E-state index contributed by atoms with van der Waals surface area (Å²) in [6.07, 6.45) is -0.507. The monoisotopic (exact) mass is 532 g/mol. The molecule has 3 aromatic carbocycles. The van der Waals surface area contributed by atoms with Crippen LogP contribution >= 0.6 is 0 Å². The van der Waals surface area contributed by atoms with Gasteiger partial charge in [-0.25, -0.2) is 14.8 Å². The Labute approximate surface area is 229 Å². The van der Waals surface area contributed by atoms with Gasteiger partial charge >= 0.3 is 6.09 Å². The molecule has 1 atom stereocenters. The van der Waals surface area contributed by atoms with Gasteiger partial charge < -0.3 is 20.3 Å². The minimum Gasteiger partial charge on any atom is -0.445 e. The summed E-state index contributed by atoms with van der Waals surface area (Å²) >= 11 is 0. The van der Waals surface area contributed by atoms with E-state index in [9.17, 15) is 9.59 Å². The van der Waals surface area contributed by atoms with Crippen LogP contribution in [0.15, 0.2) is 78.9 Å². The van der Waals surface area contributed by atoms with Crippen molar-refractivity contribution in [2.75, 3.05) is 25.0 Å². The number of aromatic nitrogens is 4. The van der Waals surface area contributed by atoms with Gasteiger partial charge in [0.25, 0.3) is 0 Å². The van der Waals surface area contributed by atoms with Crippen LogP contribution in [-0.2, 0) is 16.1 Å². The van der Waals surface area contributed by atoms with Gasteiger partial charge in [-0.3, -0.25) is 4.79 Å². The molecule has 11 nitrogen and oxygen atoms in total. The first-order valence-electron chi connectivity index (χ1n) is 12.7. The van der Waals surface area contributed by atoms with Gasteiger partial charge in [0.2, 0.25) is 11.9 Å². The standard InChI is InChI=1S/C29H24N8O3/c30-16-19-10-12-21(13-11-19)25-34-26-22-8-4-5-9-23(22)32-28(37(26)35-25)33-24-17-36(15-14-31-27(24)38)29(39)40-18-20-6-2-1-3-7-20/h1-13,24H,14-15,17-18H2,(H,31,38)(H,32,33)/t24-/m1/s1. The van der Waals surface area contributed by atoms with Gasteiger partial charge in [-0.15, -0.1) is 5.10 Å². The molecule has 1 saturated heterocycles. The maximum Gasteiger partial charge on any atom is 0.410 e. The van der Waals surface area contributed by atoms with Gasteiger partial charge in [0, 0.05) is 24.0 Å². The quantitative estimate of drug-likeness (QED) is 0.352. The molecule has 5 aromatic rings. The first kappa shape index (κ1) is 24.8. The second kappa shape index (κ2) is 10.7. The van der Waals surface area contributed by atoms with Gasteiger partial charge in [0.15, 0.2) is 11.5 Å². The molecule has 0 bridgehead atoms. The summed E-state index contributed by atoms with van der Waals surface area (Å²) in [6, 6.07) is 25.2. The van der Waals surface area contributed by atoms with Crippen molar-refractivity contribution in [1.29, 1.82) is 5.26 Å². The summed E-state index contributed by atoms with van der Waals surface area (Å²) in [5.41, 5.74) is 3.37. The zero-order valence-electron chi connectivity index (χ0n) is 21.3. The molecular weight excluding hydrogens is 508 g/mol. The van der Waals surface area contributed by atoms with Gasteiger partial charge in [-0.1, -0.05) is 42.5 Å². The second-order valence-electron chi connectivity index (χ2n) is 9.29. The van der Waals surface area contributed by atoms with Crippen molar-refractivity contribution >= 4 is 34.5 Å². The Morgan fingerprint density at radius 3 is 2.62 bits per heavy atom. The highest BCUT2D eigenvalue weighted by molar-refractivity contribution is 5.93. The Morgan fingerprint density at radius 2 is 1.82 bits per heavy atom. The van der Waals surface area contributed by atoms with Crippen molar-refractivity contribution < 1.29 is 14.3 Å². The number of para-hydroxylation sites is 1. The van der Waals surface area contributed by atoms with Crippen LogP contribution in [0.1, 0.15) is 11.1 Å². The van der Waals surface area contributed by atoms with E-state index in [1.165, 1.54) is 4.90 Å². The summed E-state index contributed by atoms with van der Waals surface area (Å²) in [5.74, 6) is 0.483. The van der Waals surface area contributed by atoms with Crippen molar-refractivity contribution in [2.45, 2.75) is 12.6 Å². The molecular formula is C29H24N8O3. The lowest BCUT2D eigenvalue weighted by atomic mass is 10.1. The predicted molar refractivity (Wildman–Crippen MR) is 147 cm³/mol. The average Bonchev–Trinajstić information content (AvgIpc) is 3.37. The van der Waals surface area contributed by atoms with Gasteiger partial charge in [-0.05, 0) is 42.0 Å². The molecule has 198 valence electrons. The number of hydrogen-bond donors (Lipinski definition) is 2. The highest BCUT2D eigenvalue weighted by Crippen LogP contribution is 2.25. The third-order valence-corrected chi connectivity index (χ3v) is 6.62. The maximum absolute atomic E-state index is 13.0. The second-order valence-corrected chi connectivity index (χ2v) is 9.29. The van der Waals surface area contributed by atoms with E-state index in [1.807, 2.05) is 54.6 Å². The highest BCUT2D eigenvalue weighted by Gasteiger charge is 2.30. The Morgan fingerprint density at radius 1 is 1.05 bits per heavy atom. The molecule has 11 heteroatoms. The molecule has 6 rings (SSSR count). The fraction of sp³-hybridized carbons (Fsp3) is 0.172. The van der Waals surface area contributed by atoms with Crippen LogP contribution in [-0.4, -0.2) is 62.2 Å². The third kappa shape index (κ3) is 4.98. The molecule has 1 aliphatic rings. The summed E-state index contributed by atoms with van der Waals surface area (Å²) in [5, 5.41) is 20.6. The van der Waals surface area contributed by atoms with E-state index < -0.39 is 12.1 Å². The van der Waals surface area contributed by atoms with Crippen molar-refractivity contribution in [2.24, 2.45) is 0 Å². The molecule has 0 radical (unpaired) electrons. The van der Waals surface area contributed by atoms with Crippen LogP contribution < -0.4 is 10.6 Å². The molecule has 0 spiro atoms. The molecule has 2 N–H and O–H groups in total. The fourth-order valence-corrected chi connectivity index (χ4v) is 4.54. The van der Waals surface area contributed by atoms with Crippen molar-refractivity contribution in [3.05, 3.63) is 90.0 Å². The Kier molecular flexibility index (Phi) is 6.64. The molecule has 0 unspecified atom stereocenters. The number of nitrogens with one attached hydrogen (secondary N) is 2. The lowest BCUT2D eigenvalue weighted by Crippen LogP contribution is -2.44. The van der Waals surface area contributed by atoms with Crippen LogP contribution in [0, 0.1) is 11.3 Å². The van der Waals surface area contributed by atoms with Crippen molar-refractivity contribution in [3.63, 3.8) is 0 Å².